The quantitative estimate of drug-likeness (QED) is 0.653. The summed E-state index contributed by atoms with van der Waals surface area (Å²) < 4.78 is 31.2. The Kier molecular flexibility index (Phi) is 2.71. The second-order valence-corrected chi connectivity index (χ2v) is 7.13. The van der Waals surface area contributed by atoms with Crippen molar-refractivity contribution in [1.82, 2.24) is 5.32 Å². The summed E-state index contributed by atoms with van der Waals surface area (Å²) in [6.45, 7) is 7.80. The van der Waals surface area contributed by atoms with E-state index in [2.05, 4.69) is 5.32 Å². The molecule has 1 fully saturated rings. The normalized spacial score (nSPS) is 27.5. The number of hydrogen-bond donors (Lipinski definition) is 2. The summed E-state index contributed by atoms with van der Waals surface area (Å²) in [6, 6.07) is 0. The van der Waals surface area contributed by atoms with Crippen LogP contribution in [0.5, 0.6) is 0 Å². The molecule has 0 aromatic carbocycles. The second-order valence-electron chi connectivity index (χ2n) is 5.44. The standard InChI is InChI=1S/C9H19NO3S/c1-8(2)5-7(14(11,12)13)6-9(3,4)10-8/h7,10H,5-6H2,1-4H3,(H,11,12,13). The first-order valence-corrected chi connectivity index (χ1v) is 6.28. The molecule has 0 amide bonds. The van der Waals surface area contributed by atoms with Gasteiger partial charge in [0.15, 0.2) is 0 Å². The summed E-state index contributed by atoms with van der Waals surface area (Å²) in [7, 11) is -3.91. The first-order chi connectivity index (χ1) is 6.02. The van der Waals surface area contributed by atoms with Crippen molar-refractivity contribution in [2.75, 3.05) is 0 Å². The molecule has 1 aliphatic rings. The SMILES string of the molecule is CC1(C)CC(S(=O)(=O)O)CC(C)(C)N1. The maximum atomic E-state index is 11.1. The van der Waals surface area contributed by atoms with Gasteiger partial charge in [-0.2, -0.15) is 8.42 Å². The van der Waals surface area contributed by atoms with Crippen LogP contribution < -0.4 is 5.32 Å². The molecule has 14 heavy (non-hydrogen) atoms. The zero-order valence-corrected chi connectivity index (χ0v) is 9.98. The topological polar surface area (TPSA) is 66.4 Å². The minimum absolute atomic E-state index is 0.248. The Labute approximate surface area is 85.8 Å². The third-order valence-corrected chi connectivity index (χ3v) is 3.75. The zero-order valence-electron chi connectivity index (χ0n) is 9.16. The third kappa shape index (κ3) is 2.93. The lowest BCUT2D eigenvalue weighted by Crippen LogP contribution is -2.60. The highest BCUT2D eigenvalue weighted by Crippen LogP contribution is 2.31. The summed E-state index contributed by atoms with van der Waals surface area (Å²) in [5, 5.41) is 2.71. The number of piperidine rings is 1. The van der Waals surface area contributed by atoms with Gasteiger partial charge < -0.3 is 5.32 Å². The van der Waals surface area contributed by atoms with Gasteiger partial charge in [0.05, 0.1) is 5.25 Å². The largest absolute Gasteiger partial charge is 0.307 e. The molecule has 0 aliphatic carbocycles. The molecule has 0 unspecified atom stereocenters. The fourth-order valence-corrected chi connectivity index (χ4v) is 3.69. The molecule has 5 heteroatoms. The highest BCUT2D eigenvalue weighted by molar-refractivity contribution is 7.86. The summed E-state index contributed by atoms with van der Waals surface area (Å²) in [4.78, 5) is 0. The Morgan fingerprint density at radius 1 is 1.14 bits per heavy atom. The van der Waals surface area contributed by atoms with Crippen LogP contribution in [0.25, 0.3) is 0 Å². The van der Waals surface area contributed by atoms with Gasteiger partial charge in [-0.05, 0) is 40.5 Å². The fourth-order valence-electron chi connectivity index (χ4n) is 2.44. The highest BCUT2D eigenvalue weighted by Gasteiger charge is 2.42. The van der Waals surface area contributed by atoms with Crippen molar-refractivity contribution in [3.8, 4) is 0 Å². The first kappa shape index (κ1) is 11.9. The minimum atomic E-state index is -3.91. The average molecular weight is 221 g/mol. The van der Waals surface area contributed by atoms with E-state index >= 15 is 0 Å². The van der Waals surface area contributed by atoms with Crippen molar-refractivity contribution in [2.24, 2.45) is 0 Å². The van der Waals surface area contributed by atoms with Gasteiger partial charge in [0, 0.05) is 11.1 Å². The molecule has 84 valence electrons. The van der Waals surface area contributed by atoms with E-state index in [4.69, 9.17) is 4.55 Å². The van der Waals surface area contributed by atoms with E-state index in [0.29, 0.717) is 12.8 Å². The lowest BCUT2D eigenvalue weighted by atomic mass is 9.82. The molecule has 0 bridgehead atoms. The van der Waals surface area contributed by atoms with Crippen LogP contribution >= 0.6 is 0 Å². The highest BCUT2D eigenvalue weighted by atomic mass is 32.2. The first-order valence-electron chi connectivity index (χ1n) is 4.78. The molecule has 4 nitrogen and oxygen atoms in total. The van der Waals surface area contributed by atoms with Crippen LogP contribution in [-0.2, 0) is 10.1 Å². The van der Waals surface area contributed by atoms with E-state index in [1.807, 2.05) is 27.7 Å². The van der Waals surface area contributed by atoms with Crippen LogP contribution in [0.2, 0.25) is 0 Å². The van der Waals surface area contributed by atoms with E-state index in [1.165, 1.54) is 0 Å². The smallest absolute Gasteiger partial charge is 0.267 e. The molecule has 0 radical (unpaired) electrons. The van der Waals surface area contributed by atoms with Crippen molar-refractivity contribution >= 4 is 10.1 Å². The Bertz CT molecular complexity index is 303. The van der Waals surface area contributed by atoms with Crippen LogP contribution in [0.15, 0.2) is 0 Å². The van der Waals surface area contributed by atoms with Crippen LogP contribution in [0.3, 0.4) is 0 Å². The molecule has 0 aromatic heterocycles. The van der Waals surface area contributed by atoms with Crippen molar-refractivity contribution in [3.05, 3.63) is 0 Å². The van der Waals surface area contributed by atoms with E-state index in [0.717, 1.165) is 0 Å². The van der Waals surface area contributed by atoms with Crippen LogP contribution in [0, 0.1) is 0 Å². The molecule has 0 saturated carbocycles. The summed E-state index contributed by atoms with van der Waals surface area (Å²) in [6.07, 6.45) is 0.907. The molecule has 0 aromatic rings. The van der Waals surface area contributed by atoms with Gasteiger partial charge in [-0.1, -0.05) is 0 Å². The van der Waals surface area contributed by atoms with E-state index in [9.17, 15) is 8.42 Å². The molecule has 1 rings (SSSR count). The lowest BCUT2D eigenvalue weighted by Gasteiger charge is -2.45. The fraction of sp³-hybridized carbons (Fsp3) is 1.00. The monoisotopic (exact) mass is 221 g/mol. The summed E-state index contributed by atoms with van der Waals surface area (Å²) >= 11 is 0. The molecule has 0 atom stereocenters. The lowest BCUT2D eigenvalue weighted by molar-refractivity contribution is 0.181. The molecule has 2 N–H and O–H groups in total. The van der Waals surface area contributed by atoms with E-state index in [1.54, 1.807) is 0 Å². The molecule has 1 heterocycles. The van der Waals surface area contributed by atoms with Gasteiger partial charge in [0.25, 0.3) is 10.1 Å². The number of hydrogen-bond acceptors (Lipinski definition) is 3. The summed E-state index contributed by atoms with van der Waals surface area (Å²) in [5.41, 5.74) is -0.496. The van der Waals surface area contributed by atoms with Crippen LogP contribution in [0.4, 0.5) is 0 Å². The number of rotatable bonds is 1. The Morgan fingerprint density at radius 2 is 1.50 bits per heavy atom. The zero-order chi connectivity index (χ0) is 11.2. The van der Waals surface area contributed by atoms with Crippen molar-refractivity contribution in [3.63, 3.8) is 0 Å². The Morgan fingerprint density at radius 3 is 1.79 bits per heavy atom. The van der Waals surface area contributed by atoms with Crippen LogP contribution in [0.1, 0.15) is 40.5 Å². The second kappa shape index (κ2) is 3.18. The van der Waals surface area contributed by atoms with Gasteiger partial charge in [-0.3, -0.25) is 4.55 Å². The Balaban J connectivity index is 2.93. The predicted octanol–water partition coefficient (Wildman–Crippen LogP) is 1.18. The molecule has 0 spiro atoms. The van der Waals surface area contributed by atoms with Crippen molar-refractivity contribution in [1.29, 1.82) is 0 Å². The molecular formula is C9H19NO3S. The predicted molar refractivity (Wildman–Crippen MR) is 55.9 cm³/mol. The van der Waals surface area contributed by atoms with Gasteiger partial charge in [0.1, 0.15) is 0 Å². The summed E-state index contributed by atoms with van der Waals surface area (Å²) in [5.74, 6) is 0. The molecular weight excluding hydrogens is 202 g/mol. The molecule has 1 saturated heterocycles. The Hall–Kier alpha value is -0.130. The van der Waals surface area contributed by atoms with E-state index in [-0.39, 0.29) is 11.1 Å². The maximum absolute atomic E-state index is 11.1. The van der Waals surface area contributed by atoms with Gasteiger partial charge in [-0.15, -0.1) is 0 Å². The molecule has 1 aliphatic heterocycles. The van der Waals surface area contributed by atoms with Crippen LogP contribution in [-0.4, -0.2) is 29.3 Å². The third-order valence-electron chi connectivity index (χ3n) is 2.57. The minimum Gasteiger partial charge on any atom is -0.307 e. The van der Waals surface area contributed by atoms with Crippen molar-refractivity contribution in [2.45, 2.75) is 56.9 Å². The number of nitrogens with one attached hydrogen (secondary N) is 1. The van der Waals surface area contributed by atoms with E-state index < -0.39 is 15.4 Å². The average Bonchev–Trinajstić information content (AvgIpc) is 1.76. The van der Waals surface area contributed by atoms with Crippen molar-refractivity contribution < 1.29 is 13.0 Å². The maximum Gasteiger partial charge on any atom is 0.267 e. The van der Waals surface area contributed by atoms with Gasteiger partial charge in [-0.25, -0.2) is 0 Å². The van der Waals surface area contributed by atoms with Gasteiger partial charge in [0.2, 0.25) is 0 Å². The van der Waals surface area contributed by atoms with Gasteiger partial charge >= 0.3 is 0 Å².